The van der Waals surface area contributed by atoms with Crippen LogP contribution in [0.5, 0.6) is 0 Å². The van der Waals surface area contributed by atoms with E-state index in [0.717, 1.165) is 6.54 Å². The lowest BCUT2D eigenvalue weighted by molar-refractivity contribution is -0.122. The monoisotopic (exact) mass is 228 g/mol. The number of amides is 1. The minimum absolute atomic E-state index is 0.0217. The summed E-state index contributed by atoms with van der Waals surface area (Å²) in [6.45, 7) is 7.71. The van der Waals surface area contributed by atoms with Gasteiger partial charge in [0.15, 0.2) is 0 Å². The van der Waals surface area contributed by atoms with Crippen LogP contribution in [-0.2, 0) is 4.79 Å². The van der Waals surface area contributed by atoms with Gasteiger partial charge >= 0.3 is 0 Å². The summed E-state index contributed by atoms with van der Waals surface area (Å²) in [4.78, 5) is 13.8. The fourth-order valence-electron chi connectivity index (χ4n) is 1.63. The predicted molar refractivity (Wildman–Crippen MR) is 64.1 cm³/mol. The minimum Gasteiger partial charge on any atom is -0.391 e. The van der Waals surface area contributed by atoms with Gasteiger partial charge in [-0.15, -0.1) is 0 Å². The van der Waals surface area contributed by atoms with E-state index in [-0.39, 0.29) is 11.8 Å². The van der Waals surface area contributed by atoms with Gasteiger partial charge in [0.05, 0.1) is 12.6 Å². The Hall–Kier alpha value is -0.610. The highest BCUT2D eigenvalue weighted by molar-refractivity contribution is 5.78. The molecule has 4 nitrogen and oxygen atoms in total. The van der Waals surface area contributed by atoms with Crippen LogP contribution in [0.1, 0.15) is 33.6 Å². The van der Waals surface area contributed by atoms with Crippen LogP contribution in [-0.4, -0.2) is 47.7 Å². The summed E-state index contributed by atoms with van der Waals surface area (Å²) in [6, 6.07) is 0.616. The van der Waals surface area contributed by atoms with Crippen molar-refractivity contribution in [3.05, 3.63) is 0 Å². The largest absolute Gasteiger partial charge is 0.391 e. The standard InChI is InChI=1S/C12H24N2O2/c1-4-14(10-5-6-10)8-12(16)13-7-11(15)9(2)3/h9-11,15H,4-8H2,1-3H3,(H,13,16). The van der Waals surface area contributed by atoms with Crippen molar-refractivity contribution in [1.82, 2.24) is 10.2 Å². The lowest BCUT2D eigenvalue weighted by Gasteiger charge is -2.20. The van der Waals surface area contributed by atoms with E-state index in [2.05, 4.69) is 17.1 Å². The summed E-state index contributed by atoms with van der Waals surface area (Å²) in [5.74, 6) is 0.208. The Morgan fingerprint density at radius 3 is 2.56 bits per heavy atom. The zero-order valence-electron chi connectivity index (χ0n) is 10.6. The summed E-state index contributed by atoms with van der Waals surface area (Å²) >= 11 is 0. The maximum Gasteiger partial charge on any atom is 0.234 e. The fraction of sp³-hybridized carbons (Fsp3) is 0.917. The zero-order chi connectivity index (χ0) is 12.1. The van der Waals surface area contributed by atoms with Crippen LogP contribution < -0.4 is 5.32 Å². The molecule has 0 heterocycles. The molecule has 1 saturated carbocycles. The number of likely N-dealkylation sites (N-methyl/N-ethyl adjacent to an activating group) is 1. The Morgan fingerprint density at radius 2 is 2.12 bits per heavy atom. The average molecular weight is 228 g/mol. The minimum atomic E-state index is -0.444. The molecule has 1 fully saturated rings. The van der Waals surface area contributed by atoms with Gasteiger partial charge in [-0.1, -0.05) is 20.8 Å². The number of hydrogen-bond donors (Lipinski definition) is 2. The van der Waals surface area contributed by atoms with Crippen molar-refractivity contribution in [1.29, 1.82) is 0 Å². The van der Waals surface area contributed by atoms with Crippen LogP contribution >= 0.6 is 0 Å². The van der Waals surface area contributed by atoms with Gasteiger partial charge in [0, 0.05) is 12.6 Å². The molecule has 2 N–H and O–H groups in total. The predicted octanol–water partition coefficient (Wildman–Crippen LogP) is 0.604. The van der Waals surface area contributed by atoms with E-state index in [0.29, 0.717) is 19.1 Å². The first kappa shape index (κ1) is 13.5. The number of rotatable bonds is 7. The topological polar surface area (TPSA) is 52.6 Å². The van der Waals surface area contributed by atoms with Gasteiger partial charge in [-0.05, 0) is 25.3 Å². The van der Waals surface area contributed by atoms with E-state index in [1.807, 2.05) is 13.8 Å². The molecule has 0 saturated heterocycles. The van der Waals surface area contributed by atoms with Gasteiger partial charge in [-0.3, -0.25) is 9.69 Å². The maximum absolute atomic E-state index is 11.6. The van der Waals surface area contributed by atoms with Crippen LogP contribution in [0.4, 0.5) is 0 Å². The molecule has 1 aliphatic rings. The molecule has 94 valence electrons. The molecule has 1 unspecified atom stereocenters. The number of aliphatic hydroxyl groups excluding tert-OH is 1. The van der Waals surface area contributed by atoms with E-state index in [1.54, 1.807) is 0 Å². The Labute approximate surface area is 98.0 Å². The lowest BCUT2D eigenvalue weighted by atomic mass is 10.1. The number of nitrogens with zero attached hydrogens (tertiary/aromatic N) is 1. The highest BCUT2D eigenvalue weighted by Crippen LogP contribution is 2.25. The molecule has 1 rings (SSSR count). The molecule has 0 radical (unpaired) electrons. The fourth-order valence-corrected chi connectivity index (χ4v) is 1.63. The van der Waals surface area contributed by atoms with Crippen molar-refractivity contribution in [3.8, 4) is 0 Å². The third kappa shape index (κ3) is 4.49. The lowest BCUT2D eigenvalue weighted by Crippen LogP contribution is -2.42. The molecule has 0 aromatic rings. The molecule has 0 aromatic carbocycles. The molecule has 1 atom stereocenters. The highest BCUT2D eigenvalue weighted by atomic mass is 16.3. The first-order valence-electron chi connectivity index (χ1n) is 6.23. The van der Waals surface area contributed by atoms with Gasteiger partial charge in [-0.25, -0.2) is 0 Å². The van der Waals surface area contributed by atoms with Crippen molar-refractivity contribution in [2.45, 2.75) is 45.8 Å². The Balaban J connectivity index is 2.19. The number of carbonyl (C=O) groups is 1. The number of hydrogen-bond acceptors (Lipinski definition) is 3. The normalized spacial score (nSPS) is 17.9. The van der Waals surface area contributed by atoms with Crippen molar-refractivity contribution < 1.29 is 9.90 Å². The third-order valence-corrected chi connectivity index (χ3v) is 3.09. The Kier molecular flexibility index (Phi) is 5.22. The molecule has 0 bridgehead atoms. The Bertz CT molecular complexity index is 227. The average Bonchev–Trinajstić information content (AvgIpc) is 3.06. The van der Waals surface area contributed by atoms with Crippen molar-refractivity contribution in [2.75, 3.05) is 19.6 Å². The molecule has 1 amide bonds. The zero-order valence-corrected chi connectivity index (χ0v) is 10.6. The molecule has 0 spiro atoms. The molecular weight excluding hydrogens is 204 g/mol. The summed E-state index contributed by atoms with van der Waals surface area (Å²) in [6.07, 6.45) is 1.99. The second kappa shape index (κ2) is 6.21. The smallest absolute Gasteiger partial charge is 0.234 e. The van der Waals surface area contributed by atoms with Gasteiger partial charge in [0.25, 0.3) is 0 Å². The molecule has 0 aliphatic heterocycles. The van der Waals surface area contributed by atoms with E-state index < -0.39 is 6.10 Å². The van der Waals surface area contributed by atoms with Gasteiger partial charge in [0.1, 0.15) is 0 Å². The first-order chi connectivity index (χ1) is 7.54. The first-order valence-corrected chi connectivity index (χ1v) is 6.23. The number of carbonyl (C=O) groups excluding carboxylic acids is 1. The highest BCUT2D eigenvalue weighted by Gasteiger charge is 2.28. The second-order valence-corrected chi connectivity index (χ2v) is 4.91. The third-order valence-electron chi connectivity index (χ3n) is 3.09. The van der Waals surface area contributed by atoms with Crippen molar-refractivity contribution in [2.24, 2.45) is 5.92 Å². The molecule has 1 aliphatic carbocycles. The van der Waals surface area contributed by atoms with Gasteiger partial charge in [-0.2, -0.15) is 0 Å². The van der Waals surface area contributed by atoms with E-state index in [4.69, 9.17) is 0 Å². The van der Waals surface area contributed by atoms with Gasteiger partial charge < -0.3 is 10.4 Å². The molecule has 16 heavy (non-hydrogen) atoms. The van der Waals surface area contributed by atoms with E-state index >= 15 is 0 Å². The van der Waals surface area contributed by atoms with Crippen LogP contribution in [0.2, 0.25) is 0 Å². The van der Waals surface area contributed by atoms with E-state index in [9.17, 15) is 9.90 Å². The van der Waals surface area contributed by atoms with Crippen molar-refractivity contribution >= 4 is 5.91 Å². The van der Waals surface area contributed by atoms with E-state index in [1.165, 1.54) is 12.8 Å². The summed E-state index contributed by atoms with van der Waals surface area (Å²) in [5.41, 5.74) is 0. The SMILES string of the molecule is CCN(CC(=O)NCC(O)C(C)C)C1CC1. The van der Waals surface area contributed by atoms with Crippen molar-refractivity contribution in [3.63, 3.8) is 0 Å². The molecule has 0 aromatic heterocycles. The van der Waals surface area contributed by atoms with Crippen LogP contribution in [0, 0.1) is 5.92 Å². The molecular formula is C12H24N2O2. The Morgan fingerprint density at radius 1 is 1.50 bits per heavy atom. The second-order valence-electron chi connectivity index (χ2n) is 4.91. The van der Waals surface area contributed by atoms with Crippen LogP contribution in [0.25, 0.3) is 0 Å². The summed E-state index contributed by atoms with van der Waals surface area (Å²) in [5, 5.41) is 12.3. The molecule has 4 heteroatoms. The summed E-state index contributed by atoms with van der Waals surface area (Å²) in [7, 11) is 0. The van der Waals surface area contributed by atoms with Gasteiger partial charge in [0.2, 0.25) is 5.91 Å². The number of aliphatic hydroxyl groups is 1. The quantitative estimate of drug-likeness (QED) is 0.671. The van der Waals surface area contributed by atoms with Crippen LogP contribution in [0.3, 0.4) is 0 Å². The summed E-state index contributed by atoms with van der Waals surface area (Å²) < 4.78 is 0. The number of nitrogens with one attached hydrogen (secondary N) is 1. The maximum atomic E-state index is 11.6. The van der Waals surface area contributed by atoms with Crippen LogP contribution in [0.15, 0.2) is 0 Å².